The summed E-state index contributed by atoms with van der Waals surface area (Å²) >= 11 is 4.89. The van der Waals surface area contributed by atoms with Gasteiger partial charge in [-0.15, -0.1) is 11.8 Å². The molecule has 6 heteroatoms. The number of amides is 1. The lowest BCUT2D eigenvalue weighted by atomic mass is 9.82. The van der Waals surface area contributed by atoms with E-state index in [0.29, 0.717) is 19.5 Å². The summed E-state index contributed by atoms with van der Waals surface area (Å²) in [4.78, 5) is 26.7. The van der Waals surface area contributed by atoms with Gasteiger partial charge in [-0.1, -0.05) is 15.9 Å². The third kappa shape index (κ3) is 4.04. The predicted molar refractivity (Wildman–Crippen MR) is 91.0 cm³/mol. The molecule has 1 aromatic carbocycles. The van der Waals surface area contributed by atoms with E-state index in [9.17, 15) is 14.7 Å². The lowest BCUT2D eigenvalue weighted by molar-refractivity contribution is -0.153. The van der Waals surface area contributed by atoms with Gasteiger partial charge in [0.05, 0.1) is 10.7 Å². The van der Waals surface area contributed by atoms with Crippen LogP contribution in [0.5, 0.6) is 0 Å². The highest BCUT2D eigenvalue weighted by molar-refractivity contribution is 9.10. The van der Waals surface area contributed by atoms with Crippen molar-refractivity contribution in [1.29, 1.82) is 0 Å². The van der Waals surface area contributed by atoms with Crippen LogP contribution in [0.15, 0.2) is 33.6 Å². The standard InChI is InChI=1S/C16H20BrNO3S/c1-11(22-13-6-4-12(17)5-7-13)14(19)18-9-3-8-16(2,10-18)15(20)21/h4-7,11H,3,8-10H2,1-2H3,(H,20,21). The number of piperidine rings is 1. The maximum Gasteiger partial charge on any atom is 0.311 e. The molecule has 2 atom stereocenters. The molecule has 0 bridgehead atoms. The van der Waals surface area contributed by atoms with Crippen molar-refractivity contribution < 1.29 is 14.7 Å². The number of carboxylic acids is 1. The highest BCUT2D eigenvalue weighted by Crippen LogP contribution is 2.32. The molecule has 1 aliphatic heterocycles. The summed E-state index contributed by atoms with van der Waals surface area (Å²) in [6.45, 7) is 4.54. The van der Waals surface area contributed by atoms with Crippen LogP contribution in [0.25, 0.3) is 0 Å². The van der Waals surface area contributed by atoms with Gasteiger partial charge in [-0.25, -0.2) is 0 Å². The molecule has 1 amide bonds. The van der Waals surface area contributed by atoms with Crippen LogP contribution in [0.3, 0.4) is 0 Å². The van der Waals surface area contributed by atoms with Gasteiger partial charge in [-0.2, -0.15) is 0 Å². The van der Waals surface area contributed by atoms with Crippen molar-refractivity contribution in [2.45, 2.75) is 36.8 Å². The normalized spacial score (nSPS) is 23.1. The quantitative estimate of drug-likeness (QED) is 0.803. The first kappa shape index (κ1) is 17.3. The largest absolute Gasteiger partial charge is 0.481 e. The number of thioether (sulfide) groups is 1. The van der Waals surface area contributed by atoms with Crippen molar-refractivity contribution in [3.8, 4) is 0 Å². The zero-order valence-corrected chi connectivity index (χ0v) is 15.1. The monoisotopic (exact) mass is 385 g/mol. The number of likely N-dealkylation sites (tertiary alicyclic amines) is 1. The summed E-state index contributed by atoms with van der Waals surface area (Å²) < 4.78 is 1.00. The van der Waals surface area contributed by atoms with E-state index in [1.165, 1.54) is 11.8 Å². The van der Waals surface area contributed by atoms with E-state index < -0.39 is 11.4 Å². The highest BCUT2D eigenvalue weighted by Gasteiger charge is 2.40. The van der Waals surface area contributed by atoms with Crippen LogP contribution in [0, 0.1) is 5.41 Å². The van der Waals surface area contributed by atoms with Crippen LogP contribution in [-0.4, -0.2) is 40.2 Å². The molecular weight excluding hydrogens is 366 g/mol. The molecule has 2 rings (SSSR count). The van der Waals surface area contributed by atoms with Gasteiger partial charge in [-0.3, -0.25) is 9.59 Å². The Bertz CT molecular complexity index is 563. The number of hydrogen-bond donors (Lipinski definition) is 1. The molecule has 0 aromatic heterocycles. The molecule has 1 heterocycles. The van der Waals surface area contributed by atoms with Crippen molar-refractivity contribution in [1.82, 2.24) is 4.90 Å². The van der Waals surface area contributed by atoms with Crippen LogP contribution in [0.2, 0.25) is 0 Å². The van der Waals surface area contributed by atoms with E-state index in [0.717, 1.165) is 15.8 Å². The Hall–Kier alpha value is -1.01. The van der Waals surface area contributed by atoms with Crippen molar-refractivity contribution in [3.05, 3.63) is 28.7 Å². The fourth-order valence-electron chi connectivity index (χ4n) is 2.63. The molecule has 0 aliphatic carbocycles. The first-order chi connectivity index (χ1) is 10.3. The number of hydrogen-bond acceptors (Lipinski definition) is 3. The molecule has 1 aromatic rings. The van der Waals surface area contributed by atoms with Crippen LogP contribution < -0.4 is 0 Å². The predicted octanol–water partition coefficient (Wildman–Crippen LogP) is 3.64. The molecule has 0 spiro atoms. The fourth-order valence-corrected chi connectivity index (χ4v) is 3.84. The zero-order valence-electron chi connectivity index (χ0n) is 12.7. The SMILES string of the molecule is CC(Sc1ccc(Br)cc1)C(=O)N1CCCC(C)(C(=O)O)C1. The van der Waals surface area contributed by atoms with E-state index >= 15 is 0 Å². The minimum atomic E-state index is -0.824. The second-order valence-corrected chi connectivity index (χ2v) is 8.27. The van der Waals surface area contributed by atoms with Crippen LogP contribution in [0.4, 0.5) is 0 Å². The summed E-state index contributed by atoms with van der Waals surface area (Å²) in [5, 5.41) is 9.12. The van der Waals surface area contributed by atoms with Gasteiger partial charge in [0.1, 0.15) is 0 Å². The smallest absolute Gasteiger partial charge is 0.311 e. The van der Waals surface area contributed by atoms with Crippen LogP contribution in [0.1, 0.15) is 26.7 Å². The Balaban J connectivity index is 2.01. The minimum absolute atomic E-state index is 0.0140. The number of aliphatic carboxylic acids is 1. The third-order valence-corrected chi connectivity index (χ3v) is 5.63. The molecule has 1 saturated heterocycles. The summed E-state index contributed by atoms with van der Waals surface area (Å²) in [5.74, 6) is -0.807. The third-order valence-electron chi connectivity index (χ3n) is 4.00. The molecule has 2 unspecified atom stereocenters. The van der Waals surface area contributed by atoms with Gasteiger partial charge in [0, 0.05) is 22.5 Å². The number of nitrogens with zero attached hydrogens (tertiary/aromatic N) is 1. The lowest BCUT2D eigenvalue weighted by Crippen LogP contribution is -2.50. The number of rotatable bonds is 4. The van der Waals surface area contributed by atoms with Crippen molar-refractivity contribution in [3.63, 3.8) is 0 Å². The summed E-state index contributed by atoms with van der Waals surface area (Å²) in [6, 6.07) is 7.83. The maximum atomic E-state index is 12.6. The average molecular weight is 386 g/mol. The molecule has 1 aliphatic rings. The topological polar surface area (TPSA) is 57.6 Å². The Kier molecular flexibility index (Phi) is 5.55. The van der Waals surface area contributed by atoms with Crippen molar-refractivity contribution in [2.24, 2.45) is 5.41 Å². The van der Waals surface area contributed by atoms with E-state index in [-0.39, 0.29) is 11.2 Å². The molecule has 0 radical (unpaired) electrons. The van der Waals surface area contributed by atoms with E-state index in [2.05, 4.69) is 15.9 Å². The van der Waals surface area contributed by atoms with Gasteiger partial charge >= 0.3 is 5.97 Å². The molecule has 0 saturated carbocycles. The van der Waals surface area contributed by atoms with Gasteiger partial charge in [-0.05, 0) is 51.0 Å². The number of benzene rings is 1. The first-order valence-electron chi connectivity index (χ1n) is 7.26. The highest BCUT2D eigenvalue weighted by atomic mass is 79.9. The average Bonchev–Trinajstić information content (AvgIpc) is 2.48. The molecule has 4 nitrogen and oxygen atoms in total. The van der Waals surface area contributed by atoms with Gasteiger partial charge in [0.15, 0.2) is 0 Å². The second-order valence-electron chi connectivity index (χ2n) is 5.94. The van der Waals surface area contributed by atoms with Crippen molar-refractivity contribution >= 4 is 39.6 Å². The maximum absolute atomic E-state index is 12.6. The fraction of sp³-hybridized carbons (Fsp3) is 0.500. The summed E-state index contributed by atoms with van der Waals surface area (Å²) in [7, 11) is 0. The van der Waals surface area contributed by atoms with E-state index in [1.807, 2.05) is 31.2 Å². The van der Waals surface area contributed by atoms with Crippen molar-refractivity contribution in [2.75, 3.05) is 13.1 Å². The molecule has 22 heavy (non-hydrogen) atoms. The number of carbonyl (C=O) groups excluding carboxylic acids is 1. The summed E-state index contributed by atoms with van der Waals surface area (Å²) in [5.41, 5.74) is -0.824. The molecule has 1 fully saturated rings. The Morgan fingerprint density at radius 2 is 2.00 bits per heavy atom. The van der Waals surface area contributed by atoms with Crippen LogP contribution in [-0.2, 0) is 9.59 Å². The van der Waals surface area contributed by atoms with Gasteiger partial charge in [0.25, 0.3) is 0 Å². The number of carbonyl (C=O) groups is 2. The second kappa shape index (κ2) is 7.04. The van der Waals surface area contributed by atoms with Gasteiger partial charge < -0.3 is 10.0 Å². The Morgan fingerprint density at radius 1 is 1.36 bits per heavy atom. The Morgan fingerprint density at radius 3 is 2.59 bits per heavy atom. The lowest BCUT2D eigenvalue weighted by Gasteiger charge is -2.38. The first-order valence-corrected chi connectivity index (χ1v) is 8.93. The van der Waals surface area contributed by atoms with E-state index in [1.54, 1.807) is 11.8 Å². The zero-order chi connectivity index (χ0) is 16.3. The number of carboxylic acid groups (broad SMARTS) is 1. The van der Waals surface area contributed by atoms with E-state index in [4.69, 9.17) is 0 Å². The number of halogens is 1. The molecule has 1 N–H and O–H groups in total. The molecular formula is C16H20BrNO3S. The summed E-state index contributed by atoms with van der Waals surface area (Å²) in [6.07, 6.45) is 1.37. The van der Waals surface area contributed by atoms with Crippen LogP contribution >= 0.6 is 27.7 Å². The van der Waals surface area contributed by atoms with Gasteiger partial charge in [0.2, 0.25) is 5.91 Å². The Labute approximate surface area is 143 Å². The minimum Gasteiger partial charge on any atom is -0.481 e. The molecule has 120 valence electrons.